The summed E-state index contributed by atoms with van der Waals surface area (Å²) in [5.41, 5.74) is 1.41. The fourth-order valence-electron chi connectivity index (χ4n) is 2.31. The number of hydrogen-bond donors (Lipinski definition) is 3. The quantitative estimate of drug-likeness (QED) is 0.707. The molecule has 6 heteroatoms. The van der Waals surface area contributed by atoms with Gasteiger partial charge in [-0.1, -0.05) is 24.3 Å². The summed E-state index contributed by atoms with van der Waals surface area (Å²) in [5.74, 6) is 0.386. The number of carbonyl (C=O) groups excluding carboxylic acids is 2. The molecule has 0 fully saturated rings. The zero-order valence-corrected chi connectivity index (χ0v) is 14.7. The first-order chi connectivity index (χ1) is 12.0. The molecule has 2 aromatic rings. The van der Waals surface area contributed by atoms with Crippen LogP contribution < -0.4 is 20.3 Å². The molecular weight excluding hydrogens is 318 g/mol. The van der Waals surface area contributed by atoms with Gasteiger partial charge in [0, 0.05) is 17.4 Å². The first kappa shape index (κ1) is 18.5. The minimum atomic E-state index is -0.365. The normalized spacial score (nSPS) is 12.8. The summed E-state index contributed by atoms with van der Waals surface area (Å²) in [6.07, 6.45) is 0. The molecule has 1 unspecified atom stereocenters. The highest BCUT2D eigenvalue weighted by atomic mass is 16.5. The van der Waals surface area contributed by atoms with Crippen LogP contribution in [0.5, 0.6) is 5.75 Å². The Morgan fingerprint density at radius 1 is 1.04 bits per heavy atom. The van der Waals surface area contributed by atoms with Crippen molar-refractivity contribution >= 4 is 23.2 Å². The average Bonchev–Trinajstić information content (AvgIpc) is 2.61. The first-order valence-corrected chi connectivity index (χ1v) is 8.11. The van der Waals surface area contributed by atoms with Crippen molar-refractivity contribution in [2.45, 2.75) is 13.0 Å². The second kappa shape index (κ2) is 8.84. The second-order valence-corrected chi connectivity index (χ2v) is 5.88. The molecule has 2 rings (SSSR count). The van der Waals surface area contributed by atoms with Gasteiger partial charge < -0.3 is 20.3 Å². The highest BCUT2D eigenvalue weighted by molar-refractivity contribution is 5.94. The molecule has 2 aromatic carbocycles. The molecule has 0 aliphatic carbocycles. The lowest BCUT2D eigenvalue weighted by Crippen LogP contribution is -3.14. The average molecular weight is 342 g/mol. The van der Waals surface area contributed by atoms with Crippen molar-refractivity contribution in [1.82, 2.24) is 0 Å². The number of amides is 2. The minimum Gasteiger partial charge on any atom is -0.497 e. The van der Waals surface area contributed by atoms with Gasteiger partial charge in [0.25, 0.3) is 11.8 Å². The van der Waals surface area contributed by atoms with Crippen LogP contribution in [0.1, 0.15) is 6.92 Å². The van der Waals surface area contributed by atoms with Crippen LogP contribution in [0.4, 0.5) is 11.4 Å². The molecule has 0 bridgehead atoms. The van der Waals surface area contributed by atoms with Crippen LogP contribution in [0.15, 0.2) is 54.6 Å². The van der Waals surface area contributed by atoms with E-state index in [9.17, 15) is 9.59 Å². The van der Waals surface area contributed by atoms with Gasteiger partial charge in [-0.05, 0) is 31.2 Å². The molecular formula is C19H24N3O3+. The monoisotopic (exact) mass is 342 g/mol. The molecule has 0 saturated heterocycles. The number of nitrogens with one attached hydrogen (secondary N) is 3. The maximum absolute atomic E-state index is 12.3. The Labute approximate surface area is 147 Å². The zero-order chi connectivity index (χ0) is 18.2. The number of quaternary nitrogens is 1. The topological polar surface area (TPSA) is 71.9 Å². The number of ether oxygens (including phenoxy) is 1. The molecule has 0 aromatic heterocycles. The Kier molecular flexibility index (Phi) is 6.54. The Morgan fingerprint density at radius 2 is 1.72 bits per heavy atom. The van der Waals surface area contributed by atoms with Crippen molar-refractivity contribution in [2.24, 2.45) is 0 Å². The van der Waals surface area contributed by atoms with Crippen molar-refractivity contribution in [3.63, 3.8) is 0 Å². The second-order valence-electron chi connectivity index (χ2n) is 5.88. The lowest BCUT2D eigenvalue weighted by atomic mass is 10.2. The van der Waals surface area contributed by atoms with Crippen LogP contribution in [0, 0.1) is 0 Å². The van der Waals surface area contributed by atoms with Crippen molar-refractivity contribution in [3.05, 3.63) is 54.6 Å². The van der Waals surface area contributed by atoms with Gasteiger partial charge in [0.15, 0.2) is 12.6 Å². The van der Waals surface area contributed by atoms with Gasteiger partial charge in [0.1, 0.15) is 5.75 Å². The summed E-state index contributed by atoms with van der Waals surface area (Å²) in [6.45, 7) is 1.98. The van der Waals surface area contributed by atoms with E-state index >= 15 is 0 Å². The molecule has 0 radical (unpaired) electrons. The maximum Gasteiger partial charge on any atom is 0.282 e. The van der Waals surface area contributed by atoms with Crippen molar-refractivity contribution < 1.29 is 19.2 Å². The molecule has 132 valence electrons. The minimum absolute atomic E-state index is 0.127. The Hall–Kier alpha value is -2.86. The summed E-state index contributed by atoms with van der Waals surface area (Å²) in [7, 11) is 3.40. The van der Waals surface area contributed by atoms with Gasteiger partial charge in [-0.3, -0.25) is 9.59 Å². The van der Waals surface area contributed by atoms with E-state index < -0.39 is 0 Å². The van der Waals surface area contributed by atoms with Crippen molar-refractivity contribution in [1.29, 1.82) is 0 Å². The predicted octanol–water partition coefficient (Wildman–Crippen LogP) is 1.18. The van der Waals surface area contributed by atoms with E-state index in [1.807, 2.05) is 43.4 Å². The summed E-state index contributed by atoms with van der Waals surface area (Å²) in [6, 6.07) is 16.1. The van der Waals surface area contributed by atoms with Crippen LogP contribution in [0.2, 0.25) is 0 Å². The maximum atomic E-state index is 12.3. The van der Waals surface area contributed by atoms with Gasteiger partial charge in [-0.2, -0.15) is 0 Å². The molecule has 0 saturated carbocycles. The fraction of sp³-hybridized carbons (Fsp3) is 0.263. The Morgan fingerprint density at radius 3 is 2.40 bits per heavy atom. The Balaban J connectivity index is 1.87. The highest BCUT2D eigenvalue weighted by Crippen LogP contribution is 2.16. The molecule has 2 atom stereocenters. The first-order valence-electron chi connectivity index (χ1n) is 8.11. The van der Waals surface area contributed by atoms with Gasteiger partial charge >= 0.3 is 0 Å². The fourth-order valence-corrected chi connectivity index (χ4v) is 2.31. The lowest BCUT2D eigenvalue weighted by Gasteiger charge is -2.20. The lowest BCUT2D eigenvalue weighted by molar-refractivity contribution is -0.885. The van der Waals surface area contributed by atoms with Crippen molar-refractivity contribution in [2.75, 3.05) is 31.3 Å². The Bertz CT molecular complexity index is 719. The van der Waals surface area contributed by atoms with Crippen LogP contribution in [0.25, 0.3) is 0 Å². The number of benzene rings is 2. The van der Waals surface area contributed by atoms with Crippen molar-refractivity contribution in [3.8, 4) is 5.75 Å². The van der Waals surface area contributed by atoms with E-state index in [0.717, 1.165) is 10.6 Å². The van der Waals surface area contributed by atoms with Gasteiger partial charge in [-0.15, -0.1) is 0 Å². The SMILES string of the molecule is COc1cccc(NC(=O)C[NH+](C)[C@H](C)C(=O)Nc2ccccc2)c1. The number of para-hydroxylation sites is 1. The molecule has 2 amide bonds. The third-order valence-corrected chi connectivity index (χ3v) is 3.97. The van der Waals surface area contributed by atoms with Gasteiger partial charge in [0.05, 0.1) is 14.2 Å². The van der Waals surface area contributed by atoms with E-state index in [1.165, 1.54) is 0 Å². The van der Waals surface area contributed by atoms with E-state index in [2.05, 4.69) is 10.6 Å². The van der Waals surface area contributed by atoms with E-state index in [0.29, 0.717) is 11.4 Å². The molecule has 0 spiro atoms. The molecule has 3 N–H and O–H groups in total. The van der Waals surface area contributed by atoms with Gasteiger partial charge in [0.2, 0.25) is 0 Å². The number of methoxy groups -OCH3 is 1. The smallest absolute Gasteiger partial charge is 0.282 e. The largest absolute Gasteiger partial charge is 0.497 e. The number of rotatable bonds is 7. The van der Waals surface area contributed by atoms with E-state index in [1.54, 1.807) is 32.2 Å². The summed E-state index contributed by atoms with van der Waals surface area (Å²) < 4.78 is 5.13. The molecule has 0 aliphatic rings. The molecule has 0 aliphatic heterocycles. The third kappa shape index (κ3) is 5.61. The van der Waals surface area contributed by atoms with E-state index in [4.69, 9.17) is 4.74 Å². The molecule has 25 heavy (non-hydrogen) atoms. The number of anilines is 2. The highest BCUT2D eigenvalue weighted by Gasteiger charge is 2.24. The summed E-state index contributed by atoms with van der Waals surface area (Å²) >= 11 is 0. The third-order valence-electron chi connectivity index (χ3n) is 3.97. The van der Waals surface area contributed by atoms with Gasteiger partial charge in [-0.25, -0.2) is 0 Å². The standard InChI is InChI=1S/C19H23N3O3/c1-14(19(24)21-15-8-5-4-6-9-15)22(2)13-18(23)20-16-10-7-11-17(12-16)25-3/h4-12,14H,13H2,1-3H3,(H,20,23)(H,21,24)/p+1/t14-/m1/s1. The molecule has 6 nitrogen and oxygen atoms in total. The zero-order valence-electron chi connectivity index (χ0n) is 14.7. The van der Waals surface area contributed by atoms with Crippen LogP contribution in [-0.4, -0.2) is 38.6 Å². The number of hydrogen-bond acceptors (Lipinski definition) is 3. The number of likely N-dealkylation sites (N-methyl/N-ethyl adjacent to an activating group) is 1. The van der Waals surface area contributed by atoms with Crippen LogP contribution in [-0.2, 0) is 9.59 Å². The molecule has 0 heterocycles. The summed E-state index contributed by atoms with van der Waals surface area (Å²) in [4.78, 5) is 25.3. The predicted molar refractivity (Wildman–Crippen MR) is 97.9 cm³/mol. The van der Waals surface area contributed by atoms with Crippen LogP contribution in [0.3, 0.4) is 0 Å². The van der Waals surface area contributed by atoms with Crippen LogP contribution >= 0.6 is 0 Å². The summed E-state index contributed by atoms with van der Waals surface area (Å²) in [5, 5.41) is 5.67. The number of carbonyl (C=O) groups is 2. The van der Waals surface area contributed by atoms with E-state index in [-0.39, 0.29) is 24.4 Å².